The predicted octanol–water partition coefficient (Wildman–Crippen LogP) is 4.53. The second-order valence-electron chi connectivity index (χ2n) is 9.20. The first kappa shape index (κ1) is 24.0. The van der Waals surface area contributed by atoms with E-state index in [-0.39, 0.29) is 29.0 Å². The Morgan fingerprint density at radius 2 is 1.85 bits per heavy atom. The highest BCUT2D eigenvalue weighted by molar-refractivity contribution is 7.93. The lowest BCUT2D eigenvalue weighted by Gasteiger charge is -2.35. The van der Waals surface area contributed by atoms with Crippen molar-refractivity contribution >= 4 is 33.2 Å². The van der Waals surface area contributed by atoms with Crippen molar-refractivity contribution < 1.29 is 17.9 Å². The summed E-state index contributed by atoms with van der Waals surface area (Å²) in [5.41, 5.74) is 1.87. The molecule has 1 fully saturated rings. The van der Waals surface area contributed by atoms with Gasteiger partial charge < -0.3 is 14.2 Å². The van der Waals surface area contributed by atoms with E-state index >= 15 is 0 Å². The van der Waals surface area contributed by atoms with Crippen LogP contribution in [0.1, 0.15) is 54.9 Å². The zero-order valence-electron chi connectivity index (χ0n) is 19.9. The Labute approximate surface area is 201 Å². The van der Waals surface area contributed by atoms with Gasteiger partial charge in [-0.05, 0) is 57.2 Å². The van der Waals surface area contributed by atoms with Crippen molar-refractivity contribution in [3.05, 3.63) is 40.2 Å². The van der Waals surface area contributed by atoms with Crippen LogP contribution in [-0.2, 0) is 17.1 Å². The van der Waals surface area contributed by atoms with Gasteiger partial charge in [0, 0.05) is 36.5 Å². The molecule has 0 spiro atoms. The van der Waals surface area contributed by atoms with Crippen molar-refractivity contribution in [2.75, 3.05) is 23.9 Å². The van der Waals surface area contributed by atoms with Crippen LogP contribution in [0.5, 0.6) is 5.75 Å². The Morgan fingerprint density at radius 3 is 2.48 bits per heavy atom. The van der Waals surface area contributed by atoms with E-state index in [0.717, 1.165) is 12.8 Å². The minimum atomic E-state index is -4.07. The molecule has 180 valence electrons. The first-order chi connectivity index (χ1) is 15.6. The van der Waals surface area contributed by atoms with Crippen LogP contribution in [0.2, 0.25) is 5.02 Å². The van der Waals surface area contributed by atoms with E-state index in [1.165, 1.54) is 4.31 Å². The number of carbonyl (C=O) groups excluding carboxylic acids is 1. The number of ether oxygens (including phenoxy) is 1. The van der Waals surface area contributed by atoms with E-state index in [9.17, 15) is 13.2 Å². The Morgan fingerprint density at radius 1 is 1.18 bits per heavy atom. The van der Waals surface area contributed by atoms with E-state index in [4.69, 9.17) is 16.3 Å². The number of anilines is 1. The lowest BCUT2D eigenvalue weighted by Crippen LogP contribution is -2.44. The summed E-state index contributed by atoms with van der Waals surface area (Å²) in [5, 5.41) is 0.423. The first-order valence-electron chi connectivity index (χ1n) is 11.5. The molecule has 1 saturated heterocycles. The Balaban J connectivity index is 1.85. The lowest BCUT2D eigenvalue weighted by molar-refractivity contribution is 0.0692. The van der Waals surface area contributed by atoms with E-state index in [1.807, 2.05) is 13.8 Å². The molecule has 4 rings (SSSR count). The second-order valence-corrected chi connectivity index (χ2v) is 11.4. The van der Waals surface area contributed by atoms with Crippen molar-refractivity contribution in [1.82, 2.24) is 9.47 Å². The molecule has 1 aromatic heterocycles. The van der Waals surface area contributed by atoms with Gasteiger partial charge in [-0.25, -0.2) is 8.42 Å². The molecule has 0 bridgehead atoms. The first-order valence-corrected chi connectivity index (χ1v) is 13.3. The molecule has 0 N–H and O–H groups in total. The van der Waals surface area contributed by atoms with Crippen LogP contribution in [-0.4, -0.2) is 49.5 Å². The average molecular weight is 494 g/mol. The zero-order chi connectivity index (χ0) is 24.1. The molecular formula is C24H32ClN3O4S. The van der Waals surface area contributed by atoms with Crippen LogP contribution >= 0.6 is 11.6 Å². The number of piperidine rings is 1. The molecule has 2 aliphatic rings. The lowest BCUT2D eigenvalue weighted by atomic mass is 9.98. The maximum Gasteiger partial charge on any atom is 0.267 e. The van der Waals surface area contributed by atoms with Gasteiger partial charge in [-0.1, -0.05) is 25.4 Å². The third-order valence-electron chi connectivity index (χ3n) is 7.06. The highest BCUT2D eigenvalue weighted by Crippen LogP contribution is 2.41. The van der Waals surface area contributed by atoms with Crippen LogP contribution in [0.3, 0.4) is 0 Å². The molecule has 0 unspecified atom stereocenters. The smallest absolute Gasteiger partial charge is 0.267 e. The number of benzene rings is 1. The van der Waals surface area contributed by atoms with Gasteiger partial charge >= 0.3 is 0 Å². The summed E-state index contributed by atoms with van der Waals surface area (Å²) in [6.07, 6.45) is 2.21. The number of amides is 1. The summed E-state index contributed by atoms with van der Waals surface area (Å²) in [7, 11) is -2.26. The third kappa shape index (κ3) is 4.12. The summed E-state index contributed by atoms with van der Waals surface area (Å²) in [4.78, 5) is 15.5. The highest BCUT2D eigenvalue weighted by Gasteiger charge is 2.40. The zero-order valence-corrected chi connectivity index (χ0v) is 21.5. The minimum absolute atomic E-state index is 0.0776. The van der Waals surface area contributed by atoms with Crippen LogP contribution in [0.4, 0.5) is 5.69 Å². The number of sulfonamides is 1. The number of carbonyl (C=O) groups is 1. The maximum absolute atomic E-state index is 14.2. The SMILES string of the molecule is CC[C@H]1CN(S(=O)(=O)c2c(C(=O)N3CCC(C)CC3)c(C)n(C)c2C)c2cc(Cl)ccc2O1. The molecule has 0 aliphatic carbocycles. The van der Waals surface area contributed by atoms with Crippen LogP contribution < -0.4 is 9.04 Å². The molecule has 1 amide bonds. The molecule has 2 aromatic rings. The van der Waals surface area contributed by atoms with Crippen LogP contribution in [0, 0.1) is 19.8 Å². The van der Waals surface area contributed by atoms with Crippen molar-refractivity contribution in [3.63, 3.8) is 0 Å². The van der Waals surface area contributed by atoms with Gasteiger partial charge in [-0.15, -0.1) is 0 Å². The second kappa shape index (κ2) is 8.87. The molecule has 9 heteroatoms. The Kier molecular flexibility index (Phi) is 6.44. The van der Waals surface area contributed by atoms with Gasteiger partial charge in [0.05, 0.1) is 17.8 Å². The molecule has 1 atom stereocenters. The topological polar surface area (TPSA) is 71.9 Å². The van der Waals surface area contributed by atoms with Gasteiger partial charge in [0.15, 0.2) is 0 Å². The number of fused-ring (bicyclic) bond motifs is 1. The van der Waals surface area contributed by atoms with Crippen LogP contribution in [0.25, 0.3) is 0 Å². The molecular weight excluding hydrogens is 462 g/mol. The van der Waals surface area contributed by atoms with E-state index < -0.39 is 10.0 Å². The van der Waals surface area contributed by atoms with Gasteiger partial charge in [0.2, 0.25) is 0 Å². The number of aromatic nitrogens is 1. The minimum Gasteiger partial charge on any atom is -0.486 e. The largest absolute Gasteiger partial charge is 0.486 e. The molecule has 1 aromatic carbocycles. The number of nitrogens with zero attached hydrogens (tertiary/aromatic N) is 3. The van der Waals surface area contributed by atoms with E-state index in [1.54, 1.807) is 41.6 Å². The number of hydrogen-bond acceptors (Lipinski definition) is 4. The number of likely N-dealkylation sites (tertiary alicyclic amines) is 1. The number of rotatable bonds is 4. The molecule has 3 heterocycles. The predicted molar refractivity (Wildman–Crippen MR) is 130 cm³/mol. The maximum atomic E-state index is 14.2. The standard InChI is InChI=1S/C24H32ClN3O4S/c1-6-19-14-28(20-13-18(25)7-8-21(20)32-19)33(30,31)23-17(4)26(5)16(3)22(23)24(29)27-11-9-15(2)10-12-27/h7-8,13,15,19H,6,9-12,14H2,1-5H3/t19-/m0/s1. The number of halogens is 1. The molecule has 33 heavy (non-hydrogen) atoms. The average Bonchev–Trinajstić information content (AvgIpc) is 3.02. The fraction of sp³-hybridized carbons (Fsp3) is 0.542. The van der Waals surface area contributed by atoms with E-state index in [0.29, 0.717) is 53.3 Å². The van der Waals surface area contributed by atoms with Crippen LogP contribution in [0.15, 0.2) is 23.1 Å². The fourth-order valence-electron chi connectivity index (χ4n) is 4.69. The summed E-state index contributed by atoms with van der Waals surface area (Å²) in [6.45, 7) is 9.15. The molecule has 0 radical (unpaired) electrons. The quantitative estimate of drug-likeness (QED) is 0.627. The van der Waals surface area contributed by atoms with Gasteiger partial charge in [-0.3, -0.25) is 9.10 Å². The fourth-order valence-corrected chi connectivity index (χ4v) is 6.84. The summed E-state index contributed by atoms with van der Waals surface area (Å²) in [5.74, 6) is 0.828. The molecule has 7 nitrogen and oxygen atoms in total. The third-order valence-corrected chi connectivity index (χ3v) is 9.24. The summed E-state index contributed by atoms with van der Waals surface area (Å²) < 4.78 is 37.6. The summed E-state index contributed by atoms with van der Waals surface area (Å²) in [6, 6.07) is 5.00. The van der Waals surface area contributed by atoms with Crippen molar-refractivity contribution in [2.45, 2.75) is 58.0 Å². The number of hydrogen-bond donors (Lipinski definition) is 0. The Hall–Kier alpha value is -2.19. The molecule has 2 aliphatic heterocycles. The molecule has 0 saturated carbocycles. The van der Waals surface area contributed by atoms with Crippen molar-refractivity contribution in [1.29, 1.82) is 0 Å². The van der Waals surface area contributed by atoms with Gasteiger partial charge in [0.25, 0.3) is 15.9 Å². The van der Waals surface area contributed by atoms with Crippen molar-refractivity contribution in [3.8, 4) is 5.75 Å². The normalized spacial score (nSPS) is 19.4. The van der Waals surface area contributed by atoms with E-state index in [2.05, 4.69) is 6.92 Å². The highest BCUT2D eigenvalue weighted by atomic mass is 35.5. The van der Waals surface area contributed by atoms with Gasteiger partial charge in [0.1, 0.15) is 16.7 Å². The Bertz CT molecular complexity index is 1180. The summed E-state index contributed by atoms with van der Waals surface area (Å²) >= 11 is 6.22. The van der Waals surface area contributed by atoms with Gasteiger partial charge in [-0.2, -0.15) is 0 Å². The monoisotopic (exact) mass is 493 g/mol. The van der Waals surface area contributed by atoms with Crippen molar-refractivity contribution in [2.24, 2.45) is 13.0 Å².